The van der Waals surface area contributed by atoms with E-state index in [1.807, 2.05) is 42.5 Å². The fourth-order valence-electron chi connectivity index (χ4n) is 2.23. The number of ether oxygens (including phenoxy) is 2. The molecule has 5 nitrogen and oxygen atoms in total. The zero-order valence-electron chi connectivity index (χ0n) is 13.7. The van der Waals surface area contributed by atoms with Crippen LogP contribution in [0.5, 0.6) is 11.5 Å². The zero-order valence-corrected chi connectivity index (χ0v) is 14.5. The molecule has 0 saturated heterocycles. The average Bonchev–Trinajstić information content (AvgIpc) is 3.08. The quantitative estimate of drug-likeness (QED) is 0.521. The van der Waals surface area contributed by atoms with Gasteiger partial charge in [0.25, 0.3) is 0 Å². The topological polar surface area (TPSA) is 60.0 Å². The summed E-state index contributed by atoms with van der Waals surface area (Å²) in [7, 11) is 1.65. The molecule has 0 spiro atoms. The molecule has 24 heavy (non-hydrogen) atoms. The van der Waals surface area contributed by atoms with E-state index in [0.29, 0.717) is 6.61 Å². The molecule has 1 heterocycles. The smallest absolute Gasteiger partial charge is 0.208 e. The van der Waals surface area contributed by atoms with Crippen molar-refractivity contribution in [2.24, 2.45) is 0 Å². The number of hydrogen-bond donors (Lipinski definition) is 1. The van der Waals surface area contributed by atoms with Crippen LogP contribution in [0.4, 0.5) is 0 Å². The van der Waals surface area contributed by atoms with Crippen molar-refractivity contribution in [3.8, 4) is 22.9 Å². The van der Waals surface area contributed by atoms with Crippen LogP contribution >= 0.6 is 11.8 Å². The van der Waals surface area contributed by atoms with E-state index in [0.717, 1.165) is 33.8 Å². The third kappa shape index (κ3) is 4.08. The highest BCUT2D eigenvalue weighted by molar-refractivity contribution is 7.99. The van der Waals surface area contributed by atoms with Crippen molar-refractivity contribution in [1.82, 2.24) is 15.2 Å². The Bertz CT molecular complexity index is 787. The first-order chi connectivity index (χ1) is 11.8. The van der Waals surface area contributed by atoms with Crippen LogP contribution in [0.25, 0.3) is 11.4 Å². The summed E-state index contributed by atoms with van der Waals surface area (Å²) in [4.78, 5) is 4.53. The Balaban J connectivity index is 1.50. The van der Waals surface area contributed by atoms with Gasteiger partial charge in [-0.2, -0.15) is 0 Å². The molecule has 1 N–H and O–H groups in total. The first-order valence-electron chi connectivity index (χ1n) is 7.64. The number of aromatic amines is 1. The minimum atomic E-state index is 0.589. The van der Waals surface area contributed by atoms with E-state index in [1.165, 1.54) is 5.56 Å². The highest BCUT2D eigenvalue weighted by Crippen LogP contribution is 2.22. The van der Waals surface area contributed by atoms with E-state index in [9.17, 15) is 0 Å². The van der Waals surface area contributed by atoms with Crippen LogP contribution in [0.3, 0.4) is 0 Å². The SMILES string of the molecule is COc1ccc(OCCSc2n[nH]c(-c3ccccc3C)n2)cc1. The maximum Gasteiger partial charge on any atom is 0.208 e. The molecule has 0 aliphatic carbocycles. The van der Waals surface area contributed by atoms with Gasteiger partial charge in [-0.05, 0) is 36.8 Å². The molecule has 0 aliphatic heterocycles. The highest BCUT2D eigenvalue weighted by Gasteiger charge is 2.08. The predicted molar refractivity (Wildman–Crippen MR) is 95.8 cm³/mol. The van der Waals surface area contributed by atoms with Crippen LogP contribution in [0.1, 0.15) is 5.56 Å². The number of benzene rings is 2. The number of nitrogens with zero attached hydrogens (tertiary/aromatic N) is 2. The van der Waals surface area contributed by atoms with Crippen LogP contribution in [-0.2, 0) is 0 Å². The summed E-state index contributed by atoms with van der Waals surface area (Å²) in [6.45, 7) is 2.65. The molecule has 0 saturated carbocycles. The minimum absolute atomic E-state index is 0.589. The molecular formula is C18H19N3O2S. The summed E-state index contributed by atoms with van der Waals surface area (Å²) >= 11 is 1.57. The van der Waals surface area contributed by atoms with Crippen LogP contribution in [0, 0.1) is 6.92 Å². The molecule has 6 heteroatoms. The second-order valence-electron chi connectivity index (χ2n) is 5.15. The van der Waals surface area contributed by atoms with E-state index in [-0.39, 0.29) is 0 Å². The van der Waals surface area contributed by atoms with E-state index >= 15 is 0 Å². The van der Waals surface area contributed by atoms with Crippen molar-refractivity contribution in [2.75, 3.05) is 19.5 Å². The number of aromatic nitrogens is 3. The lowest BCUT2D eigenvalue weighted by Crippen LogP contribution is -2.00. The largest absolute Gasteiger partial charge is 0.497 e. The molecular weight excluding hydrogens is 322 g/mol. The fraction of sp³-hybridized carbons (Fsp3) is 0.222. The summed E-state index contributed by atoms with van der Waals surface area (Å²) in [5.74, 6) is 3.22. The standard InChI is InChI=1S/C18H19N3O2S/c1-13-5-3-4-6-16(13)17-19-18(21-20-17)24-12-11-23-15-9-7-14(22-2)8-10-15/h3-10H,11-12H2,1-2H3,(H,19,20,21). The number of rotatable bonds is 7. The number of nitrogens with one attached hydrogen (secondary N) is 1. The molecule has 3 aromatic rings. The minimum Gasteiger partial charge on any atom is -0.497 e. The lowest BCUT2D eigenvalue weighted by molar-refractivity contribution is 0.342. The van der Waals surface area contributed by atoms with Crippen molar-refractivity contribution in [2.45, 2.75) is 12.1 Å². The van der Waals surface area contributed by atoms with E-state index in [4.69, 9.17) is 9.47 Å². The molecule has 0 radical (unpaired) electrons. The monoisotopic (exact) mass is 341 g/mol. The molecule has 1 aromatic heterocycles. The number of H-pyrrole nitrogens is 1. The lowest BCUT2D eigenvalue weighted by atomic mass is 10.1. The second kappa shape index (κ2) is 7.88. The van der Waals surface area contributed by atoms with Gasteiger partial charge in [0, 0.05) is 11.3 Å². The van der Waals surface area contributed by atoms with Gasteiger partial charge >= 0.3 is 0 Å². The normalized spacial score (nSPS) is 10.6. The molecule has 0 bridgehead atoms. The van der Waals surface area contributed by atoms with Crippen LogP contribution in [-0.4, -0.2) is 34.7 Å². The first kappa shape index (κ1) is 16.4. The van der Waals surface area contributed by atoms with Gasteiger partial charge in [0.05, 0.1) is 13.7 Å². The average molecular weight is 341 g/mol. The second-order valence-corrected chi connectivity index (χ2v) is 6.22. The molecule has 0 amide bonds. The van der Waals surface area contributed by atoms with Crippen LogP contribution in [0.2, 0.25) is 0 Å². The molecule has 0 aliphatic rings. The predicted octanol–water partition coefficient (Wildman–Crippen LogP) is 3.96. The van der Waals surface area contributed by atoms with Gasteiger partial charge in [-0.1, -0.05) is 36.0 Å². The molecule has 0 atom stereocenters. The van der Waals surface area contributed by atoms with Gasteiger partial charge in [0.15, 0.2) is 5.82 Å². The third-order valence-electron chi connectivity index (χ3n) is 3.51. The third-order valence-corrected chi connectivity index (χ3v) is 4.32. The van der Waals surface area contributed by atoms with E-state index in [1.54, 1.807) is 18.9 Å². The van der Waals surface area contributed by atoms with Gasteiger partial charge < -0.3 is 9.47 Å². The van der Waals surface area contributed by atoms with Crippen LogP contribution in [0.15, 0.2) is 53.7 Å². The lowest BCUT2D eigenvalue weighted by Gasteiger charge is -2.05. The number of thioether (sulfide) groups is 1. The van der Waals surface area contributed by atoms with Gasteiger partial charge in [-0.25, -0.2) is 4.98 Å². The number of methoxy groups -OCH3 is 1. The Labute approximate surface area is 145 Å². The summed E-state index contributed by atoms with van der Waals surface area (Å²) in [6.07, 6.45) is 0. The summed E-state index contributed by atoms with van der Waals surface area (Å²) in [5, 5.41) is 7.98. The highest BCUT2D eigenvalue weighted by atomic mass is 32.2. The van der Waals surface area contributed by atoms with Crippen molar-refractivity contribution >= 4 is 11.8 Å². The maximum atomic E-state index is 5.70. The summed E-state index contributed by atoms with van der Waals surface area (Å²) < 4.78 is 10.8. The molecule has 0 unspecified atom stereocenters. The number of aryl methyl sites for hydroxylation is 1. The van der Waals surface area contributed by atoms with Crippen molar-refractivity contribution in [3.63, 3.8) is 0 Å². The van der Waals surface area contributed by atoms with Gasteiger partial charge in [-0.3, -0.25) is 5.10 Å². The molecule has 2 aromatic carbocycles. The van der Waals surface area contributed by atoms with E-state index in [2.05, 4.69) is 28.2 Å². The Morgan fingerprint density at radius 3 is 2.54 bits per heavy atom. The van der Waals surface area contributed by atoms with Gasteiger partial charge in [-0.15, -0.1) is 5.10 Å². The number of hydrogen-bond acceptors (Lipinski definition) is 5. The van der Waals surface area contributed by atoms with Crippen LogP contribution < -0.4 is 9.47 Å². The van der Waals surface area contributed by atoms with Crippen molar-refractivity contribution < 1.29 is 9.47 Å². The van der Waals surface area contributed by atoms with E-state index < -0.39 is 0 Å². The Morgan fingerprint density at radius 2 is 1.79 bits per heavy atom. The molecule has 3 rings (SSSR count). The van der Waals surface area contributed by atoms with Crippen molar-refractivity contribution in [3.05, 3.63) is 54.1 Å². The van der Waals surface area contributed by atoms with Gasteiger partial charge in [0.1, 0.15) is 11.5 Å². The maximum absolute atomic E-state index is 5.70. The Hall–Kier alpha value is -2.47. The van der Waals surface area contributed by atoms with Crippen molar-refractivity contribution in [1.29, 1.82) is 0 Å². The summed E-state index contributed by atoms with van der Waals surface area (Å²) in [6, 6.07) is 15.7. The first-order valence-corrected chi connectivity index (χ1v) is 8.63. The summed E-state index contributed by atoms with van der Waals surface area (Å²) in [5.41, 5.74) is 2.25. The fourth-order valence-corrected chi connectivity index (χ4v) is 2.85. The Morgan fingerprint density at radius 1 is 1.04 bits per heavy atom. The molecule has 0 fully saturated rings. The molecule has 124 valence electrons. The zero-order chi connectivity index (χ0) is 16.8. The van der Waals surface area contributed by atoms with Gasteiger partial charge in [0.2, 0.25) is 5.16 Å². The Kier molecular flexibility index (Phi) is 5.38.